The van der Waals surface area contributed by atoms with Gasteiger partial charge in [-0.05, 0) is 24.7 Å². The number of carbonyl (C=O) groups is 4. The fraction of sp³-hybridized carbons (Fsp3) is 0.360. The minimum atomic E-state index is -0.269. The third-order valence-corrected chi connectivity index (χ3v) is 9.65. The second-order valence-electron chi connectivity index (χ2n) is 15.5. The molecule has 0 aromatic heterocycles. The lowest BCUT2D eigenvalue weighted by atomic mass is 10.0. The highest BCUT2D eigenvalue weighted by Crippen LogP contribution is 2.44. The van der Waals surface area contributed by atoms with E-state index in [9.17, 15) is 19.2 Å². The smallest absolute Gasteiger partial charge is 0.311 e. The summed E-state index contributed by atoms with van der Waals surface area (Å²) in [7, 11) is 0. The Balaban J connectivity index is 0.000000221. The molecule has 0 saturated heterocycles. The number of rotatable bonds is 16. The van der Waals surface area contributed by atoms with Crippen molar-refractivity contribution in [3.8, 4) is 23.0 Å². The molecule has 304 valence electrons. The van der Waals surface area contributed by atoms with Crippen LogP contribution in [0.2, 0.25) is 0 Å². The van der Waals surface area contributed by atoms with E-state index in [4.69, 9.17) is 18.9 Å². The zero-order chi connectivity index (χ0) is 41.6. The first-order valence-electron chi connectivity index (χ1n) is 20.7. The van der Waals surface area contributed by atoms with E-state index >= 15 is 0 Å². The Bertz CT molecular complexity index is 2100. The third kappa shape index (κ3) is 11.2. The normalized spacial score (nSPS) is 11.2. The number of hydrogen-bond donors (Lipinski definition) is 0. The molecule has 0 saturated carbocycles. The van der Waals surface area contributed by atoms with Crippen LogP contribution < -0.4 is 18.9 Å². The van der Waals surface area contributed by atoms with Crippen LogP contribution in [0.4, 0.5) is 0 Å². The molecule has 0 unspecified atom stereocenters. The number of fused-ring (bicyclic) bond motifs is 4. The lowest BCUT2D eigenvalue weighted by molar-refractivity contribution is -0.136. The summed E-state index contributed by atoms with van der Waals surface area (Å²) in [6.45, 7) is 12.1. The Kier molecular flexibility index (Phi) is 15.8. The predicted octanol–water partition coefficient (Wildman–Crippen LogP) is 12.9. The molecule has 58 heavy (non-hydrogen) atoms. The lowest BCUT2D eigenvalue weighted by Gasteiger charge is -2.17. The first kappa shape index (κ1) is 43.4. The van der Waals surface area contributed by atoms with Gasteiger partial charge in [-0.25, -0.2) is 0 Å². The van der Waals surface area contributed by atoms with Gasteiger partial charge < -0.3 is 18.9 Å². The van der Waals surface area contributed by atoms with Crippen molar-refractivity contribution in [3.05, 3.63) is 97.1 Å². The molecule has 0 aliphatic heterocycles. The number of carbonyl (C=O) groups excluding carboxylic acids is 4. The molecule has 0 N–H and O–H groups in total. The monoisotopic (exact) mass is 784 g/mol. The van der Waals surface area contributed by atoms with Crippen molar-refractivity contribution in [2.45, 2.75) is 106 Å². The molecule has 0 bridgehead atoms. The second kappa shape index (κ2) is 21.1. The van der Waals surface area contributed by atoms with Crippen LogP contribution in [0.1, 0.15) is 106 Å². The quantitative estimate of drug-likeness (QED) is 0.0413. The molecule has 6 rings (SSSR count). The van der Waals surface area contributed by atoms with E-state index in [1.807, 2.05) is 125 Å². The summed E-state index contributed by atoms with van der Waals surface area (Å²) in [5.41, 5.74) is 0. The van der Waals surface area contributed by atoms with Crippen LogP contribution in [0.3, 0.4) is 0 Å². The summed E-state index contributed by atoms with van der Waals surface area (Å²) in [5.74, 6) is 1.52. The molecule has 0 atom stereocenters. The third-order valence-electron chi connectivity index (χ3n) is 9.65. The fourth-order valence-corrected chi connectivity index (χ4v) is 6.88. The summed E-state index contributed by atoms with van der Waals surface area (Å²) in [5, 5.41) is 6.12. The van der Waals surface area contributed by atoms with Crippen LogP contribution in [0, 0.1) is 11.8 Å². The molecule has 0 amide bonds. The van der Waals surface area contributed by atoms with Crippen molar-refractivity contribution in [2.75, 3.05) is 0 Å². The van der Waals surface area contributed by atoms with E-state index < -0.39 is 0 Å². The molecule has 6 aromatic carbocycles. The number of esters is 4. The Morgan fingerprint density at radius 1 is 0.379 bits per heavy atom. The summed E-state index contributed by atoms with van der Waals surface area (Å²) in [6, 6.07) is 30.3. The Morgan fingerprint density at radius 3 is 0.810 bits per heavy atom. The zero-order valence-electron chi connectivity index (χ0n) is 34.7. The van der Waals surface area contributed by atoms with Gasteiger partial charge in [0.15, 0.2) is 0 Å². The van der Waals surface area contributed by atoms with Crippen LogP contribution in [0.5, 0.6) is 23.0 Å². The SMILES string of the molecule is CC(C)CC(=O)Oc1c2ccccc2c(OC(=O)CC(C)C)c2ccccc12.CCCCCC(=O)Oc1c2ccccc2c(OC(=O)CCCCC)c2ccccc12. The van der Waals surface area contributed by atoms with Gasteiger partial charge in [-0.1, -0.05) is 164 Å². The van der Waals surface area contributed by atoms with E-state index in [-0.39, 0.29) is 35.7 Å². The maximum Gasteiger partial charge on any atom is 0.311 e. The standard InChI is InChI=1S/C26H30O4.C24H26O4/c1-3-5-7-17-23(27)29-25-19-13-9-11-15-21(19)26(22-16-12-10-14-20(22)25)30-24(28)18-8-6-4-2;1-15(2)13-21(25)27-23-17-9-5-7-11-19(17)24(28-22(26)14-16(3)4)20-12-8-6-10-18(20)23/h9-16H,3-8,17-18H2,1-2H3;5-12,15-16H,13-14H2,1-4H3. The molecule has 0 fully saturated rings. The van der Waals surface area contributed by atoms with Gasteiger partial charge >= 0.3 is 23.9 Å². The zero-order valence-corrected chi connectivity index (χ0v) is 34.7. The van der Waals surface area contributed by atoms with E-state index in [2.05, 4.69) is 13.8 Å². The van der Waals surface area contributed by atoms with Crippen LogP contribution in [0.15, 0.2) is 97.1 Å². The maximum absolute atomic E-state index is 12.5. The van der Waals surface area contributed by atoms with Gasteiger partial charge in [-0.3, -0.25) is 19.2 Å². The van der Waals surface area contributed by atoms with Gasteiger partial charge in [0.25, 0.3) is 0 Å². The highest BCUT2D eigenvalue weighted by molar-refractivity contribution is 6.14. The molecule has 0 spiro atoms. The summed E-state index contributed by atoms with van der Waals surface area (Å²) >= 11 is 0. The van der Waals surface area contributed by atoms with Crippen molar-refractivity contribution >= 4 is 67.0 Å². The van der Waals surface area contributed by atoms with Crippen molar-refractivity contribution in [1.82, 2.24) is 0 Å². The Labute approximate surface area is 341 Å². The summed E-state index contributed by atoms with van der Waals surface area (Å²) < 4.78 is 23.3. The minimum Gasteiger partial charge on any atom is -0.425 e. The van der Waals surface area contributed by atoms with Gasteiger partial charge in [0.05, 0.1) is 0 Å². The summed E-state index contributed by atoms with van der Waals surface area (Å²) in [6.07, 6.45) is 7.22. The van der Waals surface area contributed by atoms with Crippen molar-refractivity contribution in [2.24, 2.45) is 11.8 Å². The van der Waals surface area contributed by atoms with E-state index in [0.717, 1.165) is 81.6 Å². The van der Waals surface area contributed by atoms with E-state index in [1.165, 1.54) is 0 Å². The number of hydrogen-bond acceptors (Lipinski definition) is 8. The van der Waals surface area contributed by atoms with Crippen LogP contribution in [0.25, 0.3) is 43.1 Å². The van der Waals surface area contributed by atoms with Crippen molar-refractivity contribution in [1.29, 1.82) is 0 Å². The largest absolute Gasteiger partial charge is 0.425 e. The number of unbranched alkanes of at least 4 members (excludes halogenated alkanes) is 4. The van der Waals surface area contributed by atoms with E-state index in [1.54, 1.807) is 0 Å². The summed E-state index contributed by atoms with van der Waals surface area (Å²) in [4.78, 5) is 49.7. The van der Waals surface area contributed by atoms with Crippen LogP contribution >= 0.6 is 0 Å². The fourth-order valence-electron chi connectivity index (χ4n) is 6.88. The number of benzene rings is 6. The molecule has 0 aliphatic rings. The van der Waals surface area contributed by atoms with Crippen LogP contribution in [-0.2, 0) is 19.2 Å². The van der Waals surface area contributed by atoms with Gasteiger partial charge in [0.2, 0.25) is 0 Å². The molecule has 8 heteroatoms. The molecular weight excluding hydrogens is 729 g/mol. The van der Waals surface area contributed by atoms with Gasteiger partial charge in [-0.15, -0.1) is 0 Å². The van der Waals surface area contributed by atoms with Gasteiger partial charge in [0.1, 0.15) is 23.0 Å². The Morgan fingerprint density at radius 2 is 0.603 bits per heavy atom. The lowest BCUT2D eigenvalue weighted by Crippen LogP contribution is -2.13. The molecular formula is C50H56O8. The average molecular weight is 785 g/mol. The second-order valence-corrected chi connectivity index (χ2v) is 15.5. The topological polar surface area (TPSA) is 105 Å². The average Bonchev–Trinajstić information content (AvgIpc) is 3.20. The number of ether oxygens (including phenoxy) is 4. The predicted molar refractivity (Wildman–Crippen MR) is 233 cm³/mol. The first-order chi connectivity index (χ1) is 28.0. The van der Waals surface area contributed by atoms with Gasteiger partial charge in [-0.2, -0.15) is 0 Å². The Hall–Kier alpha value is -5.76. The van der Waals surface area contributed by atoms with Crippen molar-refractivity contribution in [3.63, 3.8) is 0 Å². The van der Waals surface area contributed by atoms with Crippen molar-refractivity contribution < 1.29 is 38.1 Å². The minimum absolute atomic E-state index is 0.210. The molecule has 8 nitrogen and oxygen atoms in total. The van der Waals surface area contributed by atoms with Crippen LogP contribution in [-0.4, -0.2) is 23.9 Å². The van der Waals surface area contributed by atoms with E-state index in [0.29, 0.717) is 48.7 Å². The molecule has 6 aromatic rings. The van der Waals surface area contributed by atoms with Gasteiger partial charge in [0, 0.05) is 68.8 Å². The first-order valence-corrected chi connectivity index (χ1v) is 20.7. The molecule has 0 radical (unpaired) electrons. The highest BCUT2D eigenvalue weighted by Gasteiger charge is 2.22. The molecule has 0 heterocycles. The maximum atomic E-state index is 12.5. The molecule has 0 aliphatic carbocycles. The highest BCUT2D eigenvalue weighted by atomic mass is 16.5.